The largest absolute Gasteiger partial charge is 0.321 e. The second kappa shape index (κ2) is 5.92. The number of aromatic amines is 1. The average molecular weight is 322 g/mol. The van der Waals surface area contributed by atoms with Gasteiger partial charge in [-0.25, -0.2) is 0 Å². The number of hydrogen-bond donors (Lipinski definition) is 2. The molecular weight excluding hydrogens is 304 g/mol. The highest BCUT2D eigenvalue weighted by Gasteiger charge is 2.24. The van der Waals surface area contributed by atoms with Crippen LogP contribution < -0.4 is 5.32 Å². The molecule has 2 heterocycles. The summed E-state index contributed by atoms with van der Waals surface area (Å²) in [4.78, 5) is 12.6. The maximum absolute atomic E-state index is 12.6. The topological polar surface area (TPSA) is 88.5 Å². The number of amides is 1. The number of rotatable bonds is 3. The first-order valence-corrected chi connectivity index (χ1v) is 8.03. The molecule has 3 aromatic rings. The third-order valence-electron chi connectivity index (χ3n) is 4.43. The Hall–Kier alpha value is -2.96. The Kier molecular flexibility index (Phi) is 3.60. The fourth-order valence-corrected chi connectivity index (χ4v) is 3.13. The van der Waals surface area contributed by atoms with E-state index in [-0.39, 0.29) is 5.91 Å². The summed E-state index contributed by atoms with van der Waals surface area (Å²) < 4.78 is 1.79. The molecule has 2 aromatic heterocycles. The summed E-state index contributed by atoms with van der Waals surface area (Å²) in [6.45, 7) is 2.21. The minimum atomic E-state index is -0.178. The maximum atomic E-state index is 12.6. The SMILES string of the molecule is CC1CCc2[nH]nc(C(=O)Nc3cccc(-n4cnnc4)c3)c2C1. The van der Waals surface area contributed by atoms with Crippen LogP contribution in [0.4, 0.5) is 5.69 Å². The van der Waals surface area contributed by atoms with E-state index in [0.717, 1.165) is 36.2 Å². The van der Waals surface area contributed by atoms with Gasteiger partial charge in [0.15, 0.2) is 5.69 Å². The first-order chi connectivity index (χ1) is 11.7. The zero-order chi connectivity index (χ0) is 16.5. The molecule has 0 spiro atoms. The summed E-state index contributed by atoms with van der Waals surface area (Å²) in [6.07, 6.45) is 6.23. The lowest BCUT2D eigenvalue weighted by Crippen LogP contribution is -2.18. The molecule has 0 fully saturated rings. The van der Waals surface area contributed by atoms with E-state index in [1.807, 2.05) is 24.3 Å². The molecule has 1 aliphatic carbocycles. The second-order valence-electron chi connectivity index (χ2n) is 6.25. The van der Waals surface area contributed by atoms with Crippen molar-refractivity contribution in [3.8, 4) is 5.69 Å². The van der Waals surface area contributed by atoms with E-state index in [2.05, 4.69) is 32.6 Å². The van der Waals surface area contributed by atoms with E-state index in [1.54, 1.807) is 17.2 Å². The molecule has 1 atom stereocenters. The van der Waals surface area contributed by atoms with Gasteiger partial charge in [-0.15, -0.1) is 10.2 Å². The van der Waals surface area contributed by atoms with Crippen molar-refractivity contribution in [2.24, 2.45) is 5.92 Å². The lowest BCUT2D eigenvalue weighted by atomic mass is 9.87. The number of benzene rings is 1. The smallest absolute Gasteiger partial charge is 0.276 e. The van der Waals surface area contributed by atoms with Crippen LogP contribution in [-0.4, -0.2) is 30.9 Å². The van der Waals surface area contributed by atoms with Crippen LogP contribution in [0.5, 0.6) is 0 Å². The van der Waals surface area contributed by atoms with Crippen molar-refractivity contribution in [3.63, 3.8) is 0 Å². The molecule has 2 N–H and O–H groups in total. The molecule has 0 radical (unpaired) electrons. The van der Waals surface area contributed by atoms with Crippen molar-refractivity contribution in [1.29, 1.82) is 0 Å². The highest BCUT2D eigenvalue weighted by atomic mass is 16.1. The van der Waals surface area contributed by atoms with Gasteiger partial charge in [0.25, 0.3) is 5.91 Å². The Morgan fingerprint density at radius 1 is 1.33 bits per heavy atom. The Balaban J connectivity index is 1.57. The maximum Gasteiger partial charge on any atom is 0.276 e. The minimum absolute atomic E-state index is 0.178. The molecule has 1 unspecified atom stereocenters. The number of fused-ring (bicyclic) bond motifs is 1. The van der Waals surface area contributed by atoms with Crippen LogP contribution in [0.1, 0.15) is 35.1 Å². The normalized spacial score (nSPS) is 16.6. The van der Waals surface area contributed by atoms with Gasteiger partial charge < -0.3 is 5.32 Å². The number of hydrogen-bond acceptors (Lipinski definition) is 4. The standard InChI is InChI=1S/C17H18N6O/c1-11-5-6-15-14(7-11)16(22-21-15)17(24)20-12-3-2-4-13(8-12)23-9-18-19-10-23/h2-4,8-11H,5-7H2,1H3,(H,20,24)(H,21,22). The second-order valence-corrected chi connectivity index (χ2v) is 6.25. The predicted octanol–water partition coefficient (Wildman–Crippen LogP) is 2.37. The number of aryl methyl sites for hydroxylation is 1. The molecule has 0 saturated heterocycles. The molecule has 0 aliphatic heterocycles. The Labute approximate surface area is 139 Å². The number of aromatic nitrogens is 5. The first-order valence-electron chi connectivity index (χ1n) is 8.03. The van der Waals surface area contributed by atoms with Crippen molar-refractivity contribution in [2.75, 3.05) is 5.32 Å². The molecule has 1 aromatic carbocycles. The molecule has 0 bridgehead atoms. The number of carbonyl (C=O) groups is 1. The molecule has 7 nitrogen and oxygen atoms in total. The van der Waals surface area contributed by atoms with Gasteiger partial charge in [0.05, 0.1) is 5.69 Å². The zero-order valence-electron chi connectivity index (χ0n) is 13.4. The molecule has 7 heteroatoms. The average Bonchev–Trinajstić information content (AvgIpc) is 3.24. The van der Waals surface area contributed by atoms with Gasteiger partial charge in [0, 0.05) is 16.9 Å². The van der Waals surface area contributed by atoms with E-state index >= 15 is 0 Å². The minimum Gasteiger partial charge on any atom is -0.321 e. The monoisotopic (exact) mass is 322 g/mol. The molecule has 1 aliphatic rings. The molecule has 4 rings (SSSR count). The fourth-order valence-electron chi connectivity index (χ4n) is 3.13. The van der Waals surface area contributed by atoms with Crippen molar-refractivity contribution < 1.29 is 4.79 Å². The highest BCUT2D eigenvalue weighted by molar-refractivity contribution is 6.04. The van der Waals surface area contributed by atoms with Crippen molar-refractivity contribution in [2.45, 2.75) is 26.2 Å². The third-order valence-corrected chi connectivity index (χ3v) is 4.43. The van der Waals surface area contributed by atoms with Crippen LogP contribution in [0.15, 0.2) is 36.9 Å². The third kappa shape index (κ3) is 2.68. The lowest BCUT2D eigenvalue weighted by molar-refractivity contribution is 0.102. The number of H-pyrrole nitrogens is 1. The lowest BCUT2D eigenvalue weighted by Gasteiger charge is -2.18. The van der Waals surface area contributed by atoms with Gasteiger partial charge in [-0.2, -0.15) is 5.10 Å². The van der Waals surface area contributed by atoms with Crippen LogP contribution in [0.3, 0.4) is 0 Å². The van der Waals surface area contributed by atoms with Crippen LogP contribution in [0, 0.1) is 5.92 Å². The summed E-state index contributed by atoms with van der Waals surface area (Å²) in [5.74, 6) is 0.404. The van der Waals surface area contributed by atoms with Crippen LogP contribution in [-0.2, 0) is 12.8 Å². The fraction of sp³-hybridized carbons (Fsp3) is 0.294. The molecule has 0 saturated carbocycles. The van der Waals surface area contributed by atoms with Gasteiger partial charge in [0.2, 0.25) is 0 Å². The van der Waals surface area contributed by atoms with E-state index in [4.69, 9.17) is 0 Å². The number of anilines is 1. The number of nitrogens with one attached hydrogen (secondary N) is 2. The Morgan fingerprint density at radius 3 is 3.00 bits per heavy atom. The summed E-state index contributed by atoms with van der Waals surface area (Å²) in [5, 5.41) is 17.8. The van der Waals surface area contributed by atoms with E-state index in [9.17, 15) is 4.79 Å². The van der Waals surface area contributed by atoms with Crippen molar-refractivity contribution in [3.05, 3.63) is 53.9 Å². The van der Waals surface area contributed by atoms with Crippen LogP contribution in [0.25, 0.3) is 5.69 Å². The van der Waals surface area contributed by atoms with E-state index < -0.39 is 0 Å². The van der Waals surface area contributed by atoms with Gasteiger partial charge >= 0.3 is 0 Å². The Morgan fingerprint density at radius 2 is 2.17 bits per heavy atom. The number of nitrogens with zero attached hydrogens (tertiary/aromatic N) is 4. The predicted molar refractivity (Wildman–Crippen MR) is 89.1 cm³/mol. The first kappa shape index (κ1) is 14.6. The van der Waals surface area contributed by atoms with E-state index in [1.165, 1.54) is 0 Å². The van der Waals surface area contributed by atoms with Gasteiger partial charge in [-0.05, 0) is 43.4 Å². The summed E-state index contributed by atoms with van der Waals surface area (Å²) in [6, 6.07) is 7.54. The van der Waals surface area contributed by atoms with E-state index in [0.29, 0.717) is 17.3 Å². The quantitative estimate of drug-likeness (QED) is 0.775. The summed E-state index contributed by atoms with van der Waals surface area (Å²) >= 11 is 0. The Bertz CT molecular complexity index is 867. The van der Waals surface area contributed by atoms with Crippen molar-refractivity contribution in [1.82, 2.24) is 25.0 Å². The number of carbonyl (C=O) groups excluding carboxylic acids is 1. The van der Waals surface area contributed by atoms with Gasteiger partial charge in [-0.1, -0.05) is 13.0 Å². The van der Waals surface area contributed by atoms with Crippen LogP contribution >= 0.6 is 0 Å². The van der Waals surface area contributed by atoms with Crippen LogP contribution in [0.2, 0.25) is 0 Å². The van der Waals surface area contributed by atoms with Crippen molar-refractivity contribution >= 4 is 11.6 Å². The molecule has 122 valence electrons. The molecule has 1 amide bonds. The van der Waals surface area contributed by atoms with Gasteiger partial charge in [-0.3, -0.25) is 14.5 Å². The molecular formula is C17H18N6O. The summed E-state index contributed by atoms with van der Waals surface area (Å²) in [5.41, 5.74) is 4.26. The highest BCUT2D eigenvalue weighted by Crippen LogP contribution is 2.26. The summed E-state index contributed by atoms with van der Waals surface area (Å²) in [7, 11) is 0. The van der Waals surface area contributed by atoms with Gasteiger partial charge in [0.1, 0.15) is 12.7 Å². The molecule has 24 heavy (non-hydrogen) atoms. The zero-order valence-corrected chi connectivity index (χ0v) is 13.4.